The van der Waals surface area contributed by atoms with Gasteiger partial charge in [-0.05, 0) is 93.4 Å². The molecule has 2 aliphatic heterocycles. The number of carbonyl (C=O) groups excluding carboxylic acids is 1. The third-order valence-corrected chi connectivity index (χ3v) is 12.1. The van der Waals surface area contributed by atoms with Crippen LogP contribution in [0.25, 0.3) is 0 Å². The minimum atomic E-state index is -1.80. The maximum absolute atomic E-state index is 13.6. The molecule has 2 aliphatic rings. The largest absolute Gasteiger partial charge is 0.459 e. The molecule has 1 aromatic rings. The molecule has 0 bridgehead atoms. The average molecular weight is 774 g/mol. The van der Waals surface area contributed by atoms with E-state index in [-0.39, 0.29) is 30.9 Å². The molecule has 1 aromatic heterocycles. The van der Waals surface area contributed by atoms with Gasteiger partial charge >= 0.3 is 5.97 Å². The predicted octanol–water partition coefficient (Wildman–Crippen LogP) is 1.57. The molecule has 0 spiro atoms. The van der Waals surface area contributed by atoms with Crippen LogP contribution in [-0.4, -0.2) is 159 Å². The lowest BCUT2D eigenvalue weighted by molar-refractivity contribution is -0.299. The molecule has 14 nitrogen and oxygen atoms in total. The van der Waals surface area contributed by atoms with E-state index in [0.717, 1.165) is 37.6 Å². The zero-order valence-electron chi connectivity index (χ0n) is 33.8. The third kappa shape index (κ3) is 12.6. The van der Waals surface area contributed by atoms with Crippen molar-refractivity contribution in [3.05, 3.63) is 16.6 Å². The van der Waals surface area contributed by atoms with Gasteiger partial charge in [0.05, 0.1) is 29.8 Å². The van der Waals surface area contributed by atoms with E-state index < -0.39 is 71.9 Å². The number of esters is 1. The van der Waals surface area contributed by atoms with Crippen LogP contribution in [0.15, 0.2) is 11.6 Å². The quantitative estimate of drug-likeness (QED) is 0.113. The number of hydrogen-bond acceptors (Lipinski definition) is 15. The highest BCUT2D eigenvalue weighted by Gasteiger charge is 2.50. The van der Waals surface area contributed by atoms with E-state index in [2.05, 4.69) is 20.5 Å². The second-order valence-corrected chi connectivity index (χ2v) is 17.4. The normalized spacial score (nSPS) is 40.1. The van der Waals surface area contributed by atoms with E-state index in [1.165, 1.54) is 6.92 Å². The Hall–Kier alpha value is -1.34. The summed E-state index contributed by atoms with van der Waals surface area (Å²) in [4.78, 5) is 21.9. The van der Waals surface area contributed by atoms with Gasteiger partial charge in [0.15, 0.2) is 6.29 Å². The number of nitrogens with zero attached hydrogens (tertiary/aromatic N) is 3. The van der Waals surface area contributed by atoms with Gasteiger partial charge < -0.3 is 55.3 Å². The first-order valence-corrected chi connectivity index (χ1v) is 20.4. The molecular formula is C38H71N5O9S. The Labute approximate surface area is 321 Å². The molecule has 2 saturated heterocycles. The van der Waals surface area contributed by atoms with E-state index in [1.54, 1.807) is 45.2 Å². The van der Waals surface area contributed by atoms with Crippen LogP contribution in [0, 0.1) is 17.8 Å². The van der Waals surface area contributed by atoms with Crippen LogP contribution in [0.4, 0.5) is 0 Å². The van der Waals surface area contributed by atoms with Crippen molar-refractivity contribution in [1.82, 2.24) is 25.4 Å². The fourth-order valence-electron chi connectivity index (χ4n) is 8.14. The molecule has 3 rings (SSSR count). The van der Waals surface area contributed by atoms with Crippen molar-refractivity contribution < 1.29 is 44.5 Å². The molecular weight excluding hydrogens is 703 g/mol. The predicted molar refractivity (Wildman–Crippen MR) is 205 cm³/mol. The Morgan fingerprint density at radius 1 is 1.06 bits per heavy atom. The lowest BCUT2D eigenvalue weighted by atomic mass is 9.78. The zero-order valence-corrected chi connectivity index (χ0v) is 34.6. The SMILES string of the molecule is CC[C@H]1OC(=O)[C@H](C)[C@@H](O)[C@H](C)[C@@H](O[C@@H]2O[C@H](C)C[C@H](N(C)C)[C@@H]2O)[C@](C)(O)C[C@H](C)CN(CCCNCCNCc2nccs2)[C@H](C)[C@H](O)[C@]1(C)O. The van der Waals surface area contributed by atoms with Crippen LogP contribution < -0.4 is 10.6 Å². The fraction of sp³-hybridized carbons (Fsp3) is 0.895. The summed E-state index contributed by atoms with van der Waals surface area (Å²) in [5.41, 5.74) is -3.34. The van der Waals surface area contributed by atoms with Gasteiger partial charge in [0.25, 0.3) is 0 Å². The van der Waals surface area contributed by atoms with E-state index in [0.29, 0.717) is 19.5 Å². The Kier molecular flexibility index (Phi) is 18.0. The minimum absolute atomic E-state index is 0.142. The molecule has 15 heteroatoms. The Morgan fingerprint density at radius 2 is 1.74 bits per heavy atom. The molecule has 0 saturated carbocycles. The van der Waals surface area contributed by atoms with E-state index in [9.17, 15) is 30.3 Å². The van der Waals surface area contributed by atoms with Crippen LogP contribution in [0.1, 0.15) is 86.1 Å². The highest BCUT2D eigenvalue weighted by Crippen LogP contribution is 2.36. The molecule has 0 aromatic carbocycles. The molecule has 0 radical (unpaired) electrons. The van der Waals surface area contributed by atoms with Gasteiger partial charge in [-0.15, -0.1) is 11.3 Å². The highest BCUT2D eigenvalue weighted by molar-refractivity contribution is 7.09. The van der Waals surface area contributed by atoms with Crippen molar-refractivity contribution in [3.8, 4) is 0 Å². The Balaban J connectivity index is 1.86. The monoisotopic (exact) mass is 773 g/mol. The number of nitrogens with one attached hydrogen (secondary N) is 2. The second-order valence-electron chi connectivity index (χ2n) is 16.4. The lowest BCUT2D eigenvalue weighted by Crippen LogP contribution is -2.59. The van der Waals surface area contributed by atoms with Crippen molar-refractivity contribution in [2.24, 2.45) is 17.8 Å². The summed E-state index contributed by atoms with van der Waals surface area (Å²) in [6.45, 7) is 18.1. The van der Waals surface area contributed by atoms with E-state index >= 15 is 0 Å². The number of ether oxygens (including phenoxy) is 3. The molecule has 308 valence electrons. The van der Waals surface area contributed by atoms with Gasteiger partial charge in [-0.1, -0.05) is 20.8 Å². The van der Waals surface area contributed by atoms with E-state index in [1.807, 2.05) is 45.1 Å². The van der Waals surface area contributed by atoms with Crippen molar-refractivity contribution in [2.75, 3.05) is 46.8 Å². The summed E-state index contributed by atoms with van der Waals surface area (Å²) < 4.78 is 18.5. The maximum Gasteiger partial charge on any atom is 0.311 e. The van der Waals surface area contributed by atoms with Crippen LogP contribution in [0.2, 0.25) is 0 Å². The molecule has 7 N–H and O–H groups in total. The van der Waals surface area contributed by atoms with Gasteiger partial charge in [0.2, 0.25) is 0 Å². The standard InChI is InChI=1S/C38H71N5O9S/c1-11-29-38(8,49)33(46)27(6)43(17-12-13-39-14-15-40-21-30-41-16-18-53-30)22-23(2)20-37(7,48)34(25(4)31(44)26(5)35(47)51-29)52-36-32(45)28(42(9)10)19-24(3)50-36/h16,18,23-29,31-34,36,39-40,44-46,48-49H,11-15,17,19-22H2,1-10H3/t23-,24+,25-,26+,27+,28-,29+,31-,32-,33-,34+,36-,37+,38+/m0/s1. The minimum Gasteiger partial charge on any atom is -0.459 e. The smallest absolute Gasteiger partial charge is 0.311 e. The molecule has 0 unspecified atom stereocenters. The first kappa shape index (κ1) is 46.0. The molecule has 0 aliphatic carbocycles. The summed E-state index contributed by atoms with van der Waals surface area (Å²) in [6, 6.07) is -0.794. The first-order chi connectivity index (χ1) is 24.8. The van der Waals surface area contributed by atoms with Crippen LogP contribution in [-0.2, 0) is 25.5 Å². The topological polar surface area (TPSA) is 189 Å². The highest BCUT2D eigenvalue weighted by atomic mass is 32.1. The molecule has 53 heavy (non-hydrogen) atoms. The van der Waals surface area contributed by atoms with Gasteiger partial charge in [0, 0.05) is 55.8 Å². The molecule has 0 amide bonds. The number of likely N-dealkylation sites (N-methyl/N-ethyl adjacent to an activating group) is 1. The summed E-state index contributed by atoms with van der Waals surface area (Å²) >= 11 is 1.62. The van der Waals surface area contributed by atoms with Crippen LogP contribution >= 0.6 is 11.3 Å². The lowest BCUT2D eigenvalue weighted by Gasteiger charge is -2.46. The number of rotatable bonds is 13. The van der Waals surface area contributed by atoms with Gasteiger partial charge in [0.1, 0.15) is 28.9 Å². The van der Waals surface area contributed by atoms with Gasteiger partial charge in [-0.3, -0.25) is 9.69 Å². The summed E-state index contributed by atoms with van der Waals surface area (Å²) in [6.07, 6.45) is -3.42. The zero-order chi connectivity index (χ0) is 39.7. The summed E-state index contributed by atoms with van der Waals surface area (Å²) in [5.74, 6) is -2.75. The fourth-order valence-corrected chi connectivity index (χ4v) is 8.73. The number of carbonyl (C=O) groups is 1. The van der Waals surface area contributed by atoms with Crippen molar-refractivity contribution in [1.29, 1.82) is 0 Å². The van der Waals surface area contributed by atoms with E-state index in [4.69, 9.17) is 14.2 Å². The van der Waals surface area contributed by atoms with Crippen molar-refractivity contribution in [3.63, 3.8) is 0 Å². The van der Waals surface area contributed by atoms with Crippen molar-refractivity contribution in [2.45, 2.75) is 154 Å². The first-order valence-electron chi connectivity index (χ1n) is 19.5. The van der Waals surface area contributed by atoms with Crippen molar-refractivity contribution >= 4 is 17.3 Å². The Morgan fingerprint density at radius 3 is 2.36 bits per heavy atom. The summed E-state index contributed by atoms with van der Waals surface area (Å²) in [5, 5.41) is 68.6. The molecule has 3 heterocycles. The second kappa shape index (κ2) is 20.7. The van der Waals surface area contributed by atoms with Gasteiger partial charge in [-0.25, -0.2) is 4.98 Å². The molecule has 2 fully saturated rings. The maximum atomic E-state index is 13.6. The number of aliphatic hydroxyl groups is 5. The number of hydrogen-bond donors (Lipinski definition) is 7. The Bertz CT molecular complexity index is 1210. The average Bonchev–Trinajstić information content (AvgIpc) is 3.62. The number of cyclic esters (lactones) is 1. The summed E-state index contributed by atoms with van der Waals surface area (Å²) in [7, 11) is 3.77. The molecule has 14 atom stereocenters. The van der Waals surface area contributed by atoms with Crippen LogP contribution in [0.5, 0.6) is 0 Å². The third-order valence-electron chi connectivity index (χ3n) is 11.3. The van der Waals surface area contributed by atoms with Gasteiger partial charge in [-0.2, -0.15) is 0 Å². The number of thiazole rings is 1. The number of aliphatic hydroxyl groups excluding tert-OH is 3. The van der Waals surface area contributed by atoms with Crippen LogP contribution in [0.3, 0.4) is 0 Å². The number of aromatic nitrogens is 1.